The number of piperidine rings is 1. The molecule has 2 aromatic rings. The van der Waals surface area contributed by atoms with Crippen LogP contribution in [0.5, 0.6) is 0 Å². The van der Waals surface area contributed by atoms with Crippen LogP contribution in [0.15, 0.2) is 48.5 Å². The maximum absolute atomic E-state index is 13.9. The predicted molar refractivity (Wildman–Crippen MR) is 143 cm³/mol. The highest BCUT2D eigenvalue weighted by atomic mass is 35.5. The lowest BCUT2D eigenvalue weighted by Gasteiger charge is -2.51. The largest absolute Gasteiger partial charge is 0.341 e. The molecule has 2 fully saturated rings. The van der Waals surface area contributed by atoms with Crippen LogP contribution in [0.25, 0.3) is 0 Å². The summed E-state index contributed by atoms with van der Waals surface area (Å²) in [5.74, 6) is 0.238. The van der Waals surface area contributed by atoms with Crippen molar-refractivity contribution in [1.82, 2.24) is 20.0 Å². The first kappa shape index (κ1) is 24.8. The van der Waals surface area contributed by atoms with Gasteiger partial charge < -0.3 is 15.1 Å². The number of carbonyl (C=O) groups excluding carboxylic acids is 1. The van der Waals surface area contributed by atoms with E-state index >= 15 is 0 Å². The van der Waals surface area contributed by atoms with Gasteiger partial charge in [-0.05, 0) is 88.0 Å². The normalized spacial score (nSPS) is 23.4. The molecular formula is C29H39ClN4O. The van der Waals surface area contributed by atoms with Gasteiger partial charge in [-0.3, -0.25) is 9.69 Å². The number of likely N-dealkylation sites (tertiary alicyclic amines) is 2. The molecular weight excluding hydrogens is 456 g/mol. The molecule has 35 heavy (non-hydrogen) atoms. The van der Waals surface area contributed by atoms with E-state index in [1.807, 2.05) is 24.3 Å². The fraction of sp³-hybridized carbons (Fsp3) is 0.552. The highest BCUT2D eigenvalue weighted by Crippen LogP contribution is 2.42. The third-order valence-electron chi connectivity index (χ3n) is 8.79. The number of hydrogen-bond acceptors (Lipinski definition) is 4. The number of fused-ring (bicyclic) bond motifs is 2. The van der Waals surface area contributed by atoms with E-state index in [0.29, 0.717) is 12.5 Å². The average molecular weight is 495 g/mol. The van der Waals surface area contributed by atoms with Crippen LogP contribution in [0.1, 0.15) is 42.4 Å². The Labute approximate surface area is 215 Å². The van der Waals surface area contributed by atoms with Gasteiger partial charge in [-0.15, -0.1) is 0 Å². The molecule has 0 bridgehead atoms. The van der Waals surface area contributed by atoms with E-state index in [4.69, 9.17) is 11.6 Å². The van der Waals surface area contributed by atoms with E-state index in [1.54, 1.807) is 0 Å². The molecule has 3 aliphatic heterocycles. The number of hydrogen-bond donors (Lipinski definition) is 1. The molecule has 188 valence electrons. The molecule has 0 saturated carbocycles. The summed E-state index contributed by atoms with van der Waals surface area (Å²) in [7, 11) is 4.45. The summed E-state index contributed by atoms with van der Waals surface area (Å²) in [6.07, 6.45) is 6.22. The van der Waals surface area contributed by atoms with Gasteiger partial charge in [0.15, 0.2) is 0 Å². The van der Waals surface area contributed by atoms with E-state index in [9.17, 15) is 4.79 Å². The van der Waals surface area contributed by atoms with Gasteiger partial charge in [0.1, 0.15) is 0 Å². The number of amides is 1. The predicted octanol–water partition coefficient (Wildman–Crippen LogP) is 3.94. The Balaban J connectivity index is 1.29. The third kappa shape index (κ3) is 5.15. The van der Waals surface area contributed by atoms with E-state index in [1.165, 1.54) is 24.0 Å². The minimum absolute atomic E-state index is 0.0529. The quantitative estimate of drug-likeness (QED) is 0.660. The van der Waals surface area contributed by atoms with Crippen molar-refractivity contribution in [2.75, 3.05) is 46.8 Å². The SMILES string of the molecule is CN1CCC[C@@H]1CN[C@H](Cc1ccc(Cl)cc1)C(=O)N1CCC2(CC1)c1ccccc1CCN2C. The lowest BCUT2D eigenvalue weighted by atomic mass is 9.74. The second-order valence-electron chi connectivity index (χ2n) is 10.8. The van der Waals surface area contributed by atoms with Crippen LogP contribution in [0.2, 0.25) is 5.02 Å². The molecule has 6 heteroatoms. The molecule has 2 aromatic carbocycles. The van der Waals surface area contributed by atoms with Crippen LogP contribution in [0.3, 0.4) is 0 Å². The van der Waals surface area contributed by atoms with Gasteiger partial charge in [0, 0.05) is 42.8 Å². The summed E-state index contributed by atoms with van der Waals surface area (Å²) in [4.78, 5) is 20.9. The standard InChI is InChI=1S/C29H39ClN4O/c1-32-16-5-7-25(32)21-31-27(20-22-9-11-24(30)12-10-22)28(35)34-18-14-29(15-19-34)26-8-4-3-6-23(26)13-17-33(29)2/h3-4,6,8-12,25,27,31H,5,7,13-21H2,1-2H3/t25-,27-/m1/s1. The average Bonchev–Trinajstić information content (AvgIpc) is 3.30. The Morgan fingerprint density at radius 3 is 2.51 bits per heavy atom. The summed E-state index contributed by atoms with van der Waals surface area (Å²) >= 11 is 6.11. The maximum atomic E-state index is 13.9. The van der Waals surface area contributed by atoms with Crippen LogP contribution in [-0.4, -0.2) is 79.5 Å². The zero-order valence-corrected chi connectivity index (χ0v) is 21.9. The van der Waals surface area contributed by atoms with E-state index in [2.05, 4.69) is 58.4 Å². The van der Waals surface area contributed by atoms with Crippen LogP contribution in [-0.2, 0) is 23.2 Å². The summed E-state index contributed by atoms with van der Waals surface area (Å²) < 4.78 is 0. The van der Waals surface area contributed by atoms with Crippen molar-refractivity contribution in [3.8, 4) is 0 Å². The van der Waals surface area contributed by atoms with Gasteiger partial charge in [-0.25, -0.2) is 0 Å². The Morgan fingerprint density at radius 1 is 1.06 bits per heavy atom. The second-order valence-corrected chi connectivity index (χ2v) is 11.2. The Morgan fingerprint density at radius 2 is 1.80 bits per heavy atom. The molecule has 5 nitrogen and oxygen atoms in total. The fourth-order valence-corrected chi connectivity index (χ4v) is 6.61. The summed E-state index contributed by atoms with van der Waals surface area (Å²) in [5, 5.41) is 4.40. The van der Waals surface area contributed by atoms with Gasteiger partial charge >= 0.3 is 0 Å². The van der Waals surface area contributed by atoms with Crippen LogP contribution in [0.4, 0.5) is 0 Å². The molecule has 5 rings (SSSR count). The summed E-state index contributed by atoms with van der Waals surface area (Å²) in [5.41, 5.74) is 4.15. The van der Waals surface area contributed by atoms with Crippen molar-refractivity contribution < 1.29 is 4.79 Å². The Bertz CT molecular complexity index is 1020. The minimum atomic E-state index is -0.212. The molecule has 2 atom stereocenters. The van der Waals surface area contributed by atoms with Crippen LogP contribution >= 0.6 is 11.6 Å². The van der Waals surface area contributed by atoms with Crippen molar-refractivity contribution in [2.45, 2.75) is 56.1 Å². The summed E-state index contributed by atoms with van der Waals surface area (Å²) in [6, 6.07) is 17.2. The third-order valence-corrected chi connectivity index (χ3v) is 9.04. The molecule has 1 spiro atoms. The van der Waals surface area contributed by atoms with Crippen molar-refractivity contribution in [3.63, 3.8) is 0 Å². The van der Waals surface area contributed by atoms with E-state index in [-0.39, 0.29) is 17.5 Å². The zero-order chi connectivity index (χ0) is 24.4. The molecule has 1 amide bonds. The highest BCUT2D eigenvalue weighted by Gasteiger charge is 2.44. The van der Waals surface area contributed by atoms with Gasteiger partial charge in [-0.1, -0.05) is 48.0 Å². The molecule has 0 unspecified atom stereocenters. The van der Waals surface area contributed by atoms with Crippen molar-refractivity contribution >= 4 is 17.5 Å². The Kier molecular flexibility index (Phi) is 7.50. The lowest BCUT2D eigenvalue weighted by molar-refractivity contribution is -0.136. The monoisotopic (exact) mass is 494 g/mol. The Hall–Kier alpha value is -1.92. The zero-order valence-electron chi connectivity index (χ0n) is 21.2. The summed E-state index contributed by atoms with van der Waals surface area (Å²) in [6.45, 7) is 4.69. The number of nitrogens with zero attached hydrogens (tertiary/aromatic N) is 3. The number of nitrogens with one attached hydrogen (secondary N) is 1. The van der Waals surface area contributed by atoms with Crippen LogP contribution in [0, 0.1) is 0 Å². The van der Waals surface area contributed by atoms with Gasteiger partial charge in [0.2, 0.25) is 5.91 Å². The van der Waals surface area contributed by atoms with Gasteiger partial charge in [0.05, 0.1) is 6.04 Å². The van der Waals surface area contributed by atoms with Gasteiger partial charge in [0.25, 0.3) is 0 Å². The second kappa shape index (κ2) is 10.6. The molecule has 0 aliphatic carbocycles. The minimum Gasteiger partial charge on any atom is -0.341 e. The van der Waals surface area contributed by atoms with Crippen molar-refractivity contribution in [1.29, 1.82) is 0 Å². The van der Waals surface area contributed by atoms with Crippen molar-refractivity contribution in [3.05, 3.63) is 70.2 Å². The molecule has 1 N–H and O–H groups in total. The van der Waals surface area contributed by atoms with E-state index < -0.39 is 0 Å². The number of halogens is 1. The molecule has 2 saturated heterocycles. The molecule has 3 heterocycles. The molecule has 0 aromatic heterocycles. The molecule has 3 aliphatic rings. The smallest absolute Gasteiger partial charge is 0.240 e. The van der Waals surface area contributed by atoms with E-state index in [0.717, 1.165) is 62.6 Å². The first-order chi connectivity index (χ1) is 17.0. The molecule has 0 radical (unpaired) electrons. The maximum Gasteiger partial charge on any atom is 0.240 e. The lowest BCUT2D eigenvalue weighted by Crippen LogP contribution is -2.58. The number of carbonyl (C=O) groups is 1. The fourth-order valence-electron chi connectivity index (χ4n) is 6.49. The number of benzene rings is 2. The number of likely N-dealkylation sites (N-methyl/N-ethyl adjacent to an activating group) is 2. The number of rotatable bonds is 6. The van der Waals surface area contributed by atoms with Gasteiger partial charge in [-0.2, -0.15) is 0 Å². The first-order valence-electron chi connectivity index (χ1n) is 13.2. The highest BCUT2D eigenvalue weighted by molar-refractivity contribution is 6.30. The first-order valence-corrected chi connectivity index (χ1v) is 13.6. The van der Waals surface area contributed by atoms with Crippen molar-refractivity contribution in [2.24, 2.45) is 0 Å². The topological polar surface area (TPSA) is 38.8 Å². The van der Waals surface area contributed by atoms with Crippen LogP contribution < -0.4 is 5.32 Å².